The molecule has 1 aromatic heterocycles. The molecule has 1 heterocycles. The van der Waals surface area contributed by atoms with Gasteiger partial charge in [-0.1, -0.05) is 32.6 Å². The van der Waals surface area contributed by atoms with Crippen molar-refractivity contribution in [3.63, 3.8) is 0 Å². The maximum Gasteiger partial charge on any atom is 0.254 e. The van der Waals surface area contributed by atoms with Crippen LogP contribution in [0.4, 0.5) is 0 Å². The lowest BCUT2D eigenvalue weighted by Crippen LogP contribution is -2.42. The standard InChI is InChI=1S/C15H25N3O2/c1-3-13-12(10-18(2)17-13)14(19)16-11-15(20)8-6-4-5-7-9-15/h10,20H,3-9,11H2,1-2H3,(H,16,19). The van der Waals surface area contributed by atoms with Gasteiger partial charge in [-0.25, -0.2) is 0 Å². The Morgan fingerprint density at radius 2 is 2.05 bits per heavy atom. The van der Waals surface area contributed by atoms with Gasteiger partial charge in [-0.05, 0) is 19.3 Å². The molecule has 0 atom stereocenters. The molecular weight excluding hydrogens is 254 g/mol. The Kier molecular flexibility index (Phi) is 4.81. The monoisotopic (exact) mass is 279 g/mol. The Hall–Kier alpha value is -1.36. The van der Waals surface area contributed by atoms with Gasteiger partial charge in [0.2, 0.25) is 0 Å². The van der Waals surface area contributed by atoms with Crippen LogP contribution < -0.4 is 5.32 Å². The first-order valence-electron chi connectivity index (χ1n) is 7.57. The number of rotatable bonds is 4. The summed E-state index contributed by atoms with van der Waals surface area (Å²) in [6.07, 6.45) is 8.47. The van der Waals surface area contributed by atoms with Gasteiger partial charge in [0.15, 0.2) is 0 Å². The Labute approximate surface area is 120 Å². The van der Waals surface area contributed by atoms with Crippen molar-refractivity contribution in [2.45, 2.75) is 57.5 Å². The molecule has 1 aromatic rings. The van der Waals surface area contributed by atoms with E-state index in [1.807, 2.05) is 14.0 Å². The van der Waals surface area contributed by atoms with Crippen molar-refractivity contribution < 1.29 is 9.90 Å². The minimum atomic E-state index is -0.735. The van der Waals surface area contributed by atoms with Crippen molar-refractivity contribution in [2.24, 2.45) is 7.05 Å². The first-order chi connectivity index (χ1) is 9.54. The molecule has 2 rings (SSSR count). The number of hydrogen-bond acceptors (Lipinski definition) is 3. The van der Waals surface area contributed by atoms with Crippen LogP contribution in [0.15, 0.2) is 6.20 Å². The molecule has 1 saturated carbocycles. The summed E-state index contributed by atoms with van der Waals surface area (Å²) in [7, 11) is 1.81. The quantitative estimate of drug-likeness (QED) is 0.826. The van der Waals surface area contributed by atoms with Crippen LogP contribution in [0.2, 0.25) is 0 Å². The summed E-state index contributed by atoms with van der Waals surface area (Å²) in [6, 6.07) is 0. The molecule has 5 heteroatoms. The van der Waals surface area contributed by atoms with E-state index in [1.54, 1.807) is 10.9 Å². The van der Waals surface area contributed by atoms with Gasteiger partial charge in [0.05, 0.1) is 16.9 Å². The largest absolute Gasteiger partial charge is 0.388 e. The topological polar surface area (TPSA) is 67.2 Å². The van der Waals surface area contributed by atoms with Crippen LogP contribution in [0, 0.1) is 0 Å². The van der Waals surface area contributed by atoms with E-state index in [-0.39, 0.29) is 5.91 Å². The number of aryl methyl sites for hydroxylation is 2. The van der Waals surface area contributed by atoms with E-state index < -0.39 is 5.60 Å². The lowest BCUT2D eigenvalue weighted by Gasteiger charge is -2.26. The molecule has 0 bridgehead atoms. The predicted octanol–water partition coefficient (Wildman–Crippen LogP) is 1.80. The van der Waals surface area contributed by atoms with E-state index in [4.69, 9.17) is 0 Å². The molecule has 0 aliphatic heterocycles. The molecular formula is C15H25N3O2. The predicted molar refractivity (Wildman–Crippen MR) is 77.6 cm³/mol. The third-order valence-electron chi connectivity index (χ3n) is 4.10. The highest BCUT2D eigenvalue weighted by atomic mass is 16.3. The minimum absolute atomic E-state index is 0.132. The molecule has 0 radical (unpaired) electrons. The molecule has 5 nitrogen and oxygen atoms in total. The van der Waals surface area contributed by atoms with Crippen molar-refractivity contribution in [1.82, 2.24) is 15.1 Å². The summed E-state index contributed by atoms with van der Waals surface area (Å²) in [4.78, 5) is 12.2. The fraction of sp³-hybridized carbons (Fsp3) is 0.733. The molecule has 0 aromatic carbocycles. The Bertz CT molecular complexity index is 460. The maximum atomic E-state index is 12.2. The summed E-state index contributed by atoms with van der Waals surface area (Å²) in [5.74, 6) is -0.132. The van der Waals surface area contributed by atoms with E-state index in [2.05, 4.69) is 10.4 Å². The van der Waals surface area contributed by atoms with Crippen LogP contribution in [-0.4, -0.2) is 32.9 Å². The van der Waals surface area contributed by atoms with E-state index in [0.29, 0.717) is 12.1 Å². The molecule has 1 fully saturated rings. The fourth-order valence-electron chi connectivity index (χ4n) is 2.89. The smallest absolute Gasteiger partial charge is 0.254 e. The number of hydrogen-bond donors (Lipinski definition) is 2. The fourth-order valence-corrected chi connectivity index (χ4v) is 2.89. The molecule has 2 N–H and O–H groups in total. The molecule has 112 valence electrons. The number of carbonyl (C=O) groups excluding carboxylic acids is 1. The van der Waals surface area contributed by atoms with Crippen LogP contribution in [0.5, 0.6) is 0 Å². The third-order valence-corrected chi connectivity index (χ3v) is 4.10. The average molecular weight is 279 g/mol. The Morgan fingerprint density at radius 3 is 2.65 bits per heavy atom. The van der Waals surface area contributed by atoms with E-state index in [9.17, 15) is 9.90 Å². The zero-order valence-corrected chi connectivity index (χ0v) is 12.5. The average Bonchev–Trinajstić information content (AvgIpc) is 2.67. The minimum Gasteiger partial charge on any atom is -0.388 e. The zero-order chi connectivity index (χ0) is 14.6. The van der Waals surface area contributed by atoms with Crippen LogP contribution in [0.1, 0.15) is 61.5 Å². The van der Waals surface area contributed by atoms with Crippen LogP contribution in [-0.2, 0) is 13.5 Å². The number of amides is 1. The Balaban J connectivity index is 1.97. The van der Waals surface area contributed by atoms with Crippen molar-refractivity contribution in [3.05, 3.63) is 17.5 Å². The van der Waals surface area contributed by atoms with Crippen LogP contribution in [0.3, 0.4) is 0 Å². The van der Waals surface area contributed by atoms with Gasteiger partial charge in [0.1, 0.15) is 0 Å². The van der Waals surface area contributed by atoms with Crippen molar-refractivity contribution in [3.8, 4) is 0 Å². The van der Waals surface area contributed by atoms with Gasteiger partial charge >= 0.3 is 0 Å². The number of aromatic nitrogens is 2. The van der Waals surface area contributed by atoms with Crippen molar-refractivity contribution >= 4 is 5.91 Å². The van der Waals surface area contributed by atoms with E-state index >= 15 is 0 Å². The Morgan fingerprint density at radius 1 is 1.40 bits per heavy atom. The maximum absolute atomic E-state index is 12.2. The first-order valence-corrected chi connectivity index (χ1v) is 7.57. The molecule has 0 unspecified atom stereocenters. The van der Waals surface area contributed by atoms with Crippen LogP contribution >= 0.6 is 0 Å². The summed E-state index contributed by atoms with van der Waals surface area (Å²) in [5, 5.41) is 17.7. The highest BCUT2D eigenvalue weighted by molar-refractivity contribution is 5.95. The van der Waals surface area contributed by atoms with Gasteiger partial charge in [-0.15, -0.1) is 0 Å². The summed E-state index contributed by atoms with van der Waals surface area (Å²) < 4.78 is 1.66. The third kappa shape index (κ3) is 3.60. The molecule has 20 heavy (non-hydrogen) atoms. The highest BCUT2D eigenvalue weighted by Gasteiger charge is 2.28. The lowest BCUT2D eigenvalue weighted by atomic mass is 9.94. The van der Waals surface area contributed by atoms with Gasteiger partial charge < -0.3 is 10.4 Å². The van der Waals surface area contributed by atoms with E-state index in [0.717, 1.165) is 37.8 Å². The number of nitrogens with one attached hydrogen (secondary N) is 1. The second-order valence-corrected chi connectivity index (χ2v) is 5.84. The molecule has 0 saturated heterocycles. The van der Waals surface area contributed by atoms with E-state index in [1.165, 1.54) is 12.8 Å². The summed E-state index contributed by atoms with van der Waals surface area (Å²) in [5.41, 5.74) is 0.686. The summed E-state index contributed by atoms with van der Waals surface area (Å²) >= 11 is 0. The number of nitrogens with zero attached hydrogens (tertiary/aromatic N) is 2. The summed E-state index contributed by atoms with van der Waals surface area (Å²) in [6.45, 7) is 2.32. The highest BCUT2D eigenvalue weighted by Crippen LogP contribution is 2.26. The first kappa shape index (κ1) is 15.0. The van der Waals surface area contributed by atoms with Crippen molar-refractivity contribution in [2.75, 3.05) is 6.54 Å². The SMILES string of the molecule is CCc1nn(C)cc1C(=O)NCC1(O)CCCCCC1. The molecule has 1 aliphatic rings. The van der Waals surface area contributed by atoms with Gasteiger partial charge in [0.25, 0.3) is 5.91 Å². The molecule has 1 aliphatic carbocycles. The zero-order valence-electron chi connectivity index (χ0n) is 12.5. The number of carbonyl (C=O) groups is 1. The number of aliphatic hydroxyl groups is 1. The van der Waals surface area contributed by atoms with Gasteiger partial charge in [0, 0.05) is 19.8 Å². The lowest BCUT2D eigenvalue weighted by molar-refractivity contribution is 0.0246. The second kappa shape index (κ2) is 6.39. The van der Waals surface area contributed by atoms with Crippen LogP contribution in [0.25, 0.3) is 0 Å². The molecule has 0 spiro atoms. The van der Waals surface area contributed by atoms with Gasteiger partial charge in [-0.3, -0.25) is 9.48 Å². The molecule has 1 amide bonds. The van der Waals surface area contributed by atoms with Crippen molar-refractivity contribution in [1.29, 1.82) is 0 Å². The van der Waals surface area contributed by atoms with Gasteiger partial charge in [-0.2, -0.15) is 5.10 Å². The normalized spacial score (nSPS) is 18.6. The second-order valence-electron chi connectivity index (χ2n) is 5.84.